The van der Waals surface area contributed by atoms with Gasteiger partial charge in [0.1, 0.15) is 0 Å². The van der Waals surface area contributed by atoms with Gasteiger partial charge in [0.05, 0.1) is 10.6 Å². The van der Waals surface area contributed by atoms with E-state index in [9.17, 15) is 4.79 Å². The van der Waals surface area contributed by atoms with E-state index in [1.807, 2.05) is 47.4 Å². The van der Waals surface area contributed by atoms with Gasteiger partial charge < -0.3 is 9.47 Å². The van der Waals surface area contributed by atoms with E-state index in [-0.39, 0.29) is 18.7 Å². The first-order valence-electron chi connectivity index (χ1n) is 11.0. The van der Waals surface area contributed by atoms with Crippen molar-refractivity contribution in [2.45, 2.75) is 51.5 Å². The van der Waals surface area contributed by atoms with E-state index < -0.39 is 0 Å². The lowest BCUT2D eigenvalue weighted by atomic mass is 9.94. The van der Waals surface area contributed by atoms with Gasteiger partial charge in [0, 0.05) is 6.04 Å². The second-order valence-electron chi connectivity index (χ2n) is 8.07. The number of hydrogen-bond donors (Lipinski definition) is 0. The molecule has 2 fully saturated rings. The normalized spacial score (nSPS) is 21.5. The zero-order chi connectivity index (χ0) is 21.2. The molecule has 6 heteroatoms. The molecule has 31 heavy (non-hydrogen) atoms. The first-order valence-corrected chi connectivity index (χ1v) is 11.8. The van der Waals surface area contributed by atoms with Crippen LogP contribution in [-0.4, -0.2) is 28.8 Å². The number of carbonyl (C=O) groups is 1. The lowest BCUT2D eigenvalue weighted by Gasteiger charge is -2.30. The van der Waals surface area contributed by atoms with Crippen LogP contribution in [0, 0.1) is 0 Å². The summed E-state index contributed by atoms with van der Waals surface area (Å²) in [5, 5.41) is 0.796. The molecule has 2 heterocycles. The minimum atomic E-state index is 0.0577. The highest BCUT2D eigenvalue weighted by Crippen LogP contribution is 2.40. The first-order chi connectivity index (χ1) is 15.2. The van der Waals surface area contributed by atoms with Gasteiger partial charge in [-0.25, -0.2) is 4.99 Å². The number of rotatable bonds is 4. The van der Waals surface area contributed by atoms with Gasteiger partial charge in [0.2, 0.25) is 6.79 Å². The fourth-order valence-electron chi connectivity index (χ4n) is 4.40. The van der Waals surface area contributed by atoms with Crippen molar-refractivity contribution in [2.24, 2.45) is 4.99 Å². The molecule has 2 aromatic rings. The summed E-state index contributed by atoms with van der Waals surface area (Å²) < 4.78 is 10.9. The van der Waals surface area contributed by atoms with Crippen LogP contribution in [0.15, 0.2) is 52.4 Å². The summed E-state index contributed by atoms with van der Waals surface area (Å²) >= 11 is 1.48. The van der Waals surface area contributed by atoms with E-state index in [0.717, 1.165) is 47.2 Å². The van der Waals surface area contributed by atoms with Gasteiger partial charge in [-0.15, -0.1) is 0 Å². The van der Waals surface area contributed by atoms with Crippen molar-refractivity contribution in [3.8, 4) is 11.5 Å². The zero-order valence-electron chi connectivity index (χ0n) is 17.7. The molecule has 2 aromatic carbocycles. The predicted molar refractivity (Wildman–Crippen MR) is 125 cm³/mol. The molecule has 0 bridgehead atoms. The molecule has 2 aliphatic heterocycles. The van der Waals surface area contributed by atoms with Gasteiger partial charge in [-0.2, -0.15) is 0 Å². The Kier molecular flexibility index (Phi) is 5.72. The Hall–Kier alpha value is -2.73. The fourth-order valence-corrected chi connectivity index (χ4v) is 5.45. The van der Waals surface area contributed by atoms with Crippen molar-refractivity contribution < 1.29 is 14.3 Å². The van der Waals surface area contributed by atoms with Gasteiger partial charge in [-0.1, -0.05) is 50.5 Å². The molecule has 160 valence electrons. The van der Waals surface area contributed by atoms with E-state index in [2.05, 4.69) is 13.0 Å². The standard InChI is InChI=1S/C25H26N2O3S/c1-2-18-8-6-7-11-20(18)26-25-27(19-9-4-3-5-10-19)24(28)23(31-25)15-17-12-13-21-22(14-17)30-16-29-21/h6-8,11-15,19H,2-5,9-10,16H2,1H3. The smallest absolute Gasteiger partial charge is 0.267 e. The van der Waals surface area contributed by atoms with E-state index in [1.54, 1.807) is 0 Å². The van der Waals surface area contributed by atoms with Gasteiger partial charge in [-0.3, -0.25) is 9.69 Å². The van der Waals surface area contributed by atoms with Crippen molar-refractivity contribution in [2.75, 3.05) is 6.79 Å². The van der Waals surface area contributed by atoms with Crippen molar-refractivity contribution in [3.63, 3.8) is 0 Å². The van der Waals surface area contributed by atoms with Crippen molar-refractivity contribution >= 4 is 34.6 Å². The highest BCUT2D eigenvalue weighted by Gasteiger charge is 2.38. The van der Waals surface area contributed by atoms with Gasteiger partial charge in [0.25, 0.3) is 5.91 Å². The summed E-state index contributed by atoms with van der Waals surface area (Å²) in [6.45, 7) is 2.38. The minimum absolute atomic E-state index is 0.0577. The lowest BCUT2D eigenvalue weighted by molar-refractivity contribution is -0.124. The first kappa shape index (κ1) is 20.2. The number of benzene rings is 2. The molecule has 1 saturated carbocycles. The third-order valence-electron chi connectivity index (χ3n) is 6.06. The molecule has 0 aromatic heterocycles. The van der Waals surface area contributed by atoms with Crippen LogP contribution in [0.4, 0.5) is 5.69 Å². The highest BCUT2D eigenvalue weighted by atomic mass is 32.2. The summed E-state index contributed by atoms with van der Waals surface area (Å²) in [6, 6.07) is 14.2. The van der Waals surface area contributed by atoms with Crippen LogP contribution >= 0.6 is 11.8 Å². The van der Waals surface area contributed by atoms with E-state index in [4.69, 9.17) is 14.5 Å². The van der Waals surface area contributed by atoms with Crippen LogP contribution in [0.3, 0.4) is 0 Å². The Morgan fingerprint density at radius 1 is 1.10 bits per heavy atom. The molecule has 0 radical (unpaired) electrons. The van der Waals surface area contributed by atoms with Crippen LogP contribution < -0.4 is 9.47 Å². The maximum absolute atomic E-state index is 13.5. The summed E-state index contributed by atoms with van der Waals surface area (Å²) in [4.78, 5) is 21.1. The number of hydrogen-bond acceptors (Lipinski definition) is 5. The fraction of sp³-hybridized carbons (Fsp3) is 0.360. The van der Waals surface area contributed by atoms with E-state index in [1.165, 1.54) is 36.6 Å². The summed E-state index contributed by atoms with van der Waals surface area (Å²) in [6.07, 6.45) is 8.51. The Bertz CT molecular complexity index is 1060. The summed E-state index contributed by atoms with van der Waals surface area (Å²) in [7, 11) is 0. The number of fused-ring (bicyclic) bond motifs is 1. The predicted octanol–water partition coefficient (Wildman–Crippen LogP) is 5.91. The van der Waals surface area contributed by atoms with Crippen LogP contribution in [0.25, 0.3) is 6.08 Å². The largest absolute Gasteiger partial charge is 0.454 e. The number of thioether (sulfide) groups is 1. The Morgan fingerprint density at radius 3 is 2.74 bits per heavy atom. The molecular weight excluding hydrogens is 408 g/mol. The molecule has 0 N–H and O–H groups in total. The van der Waals surface area contributed by atoms with Gasteiger partial charge in [0.15, 0.2) is 16.7 Å². The molecule has 1 saturated heterocycles. The average molecular weight is 435 g/mol. The third-order valence-corrected chi connectivity index (χ3v) is 7.04. The van der Waals surface area contributed by atoms with Crippen LogP contribution in [0.5, 0.6) is 11.5 Å². The van der Waals surface area contributed by atoms with E-state index in [0.29, 0.717) is 4.91 Å². The number of nitrogens with zero attached hydrogens (tertiary/aromatic N) is 2. The summed E-state index contributed by atoms with van der Waals surface area (Å²) in [5.74, 6) is 1.52. The molecular formula is C25H26N2O3S. The second kappa shape index (κ2) is 8.79. The maximum atomic E-state index is 13.5. The molecule has 0 unspecified atom stereocenters. The zero-order valence-corrected chi connectivity index (χ0v) is 18.5. The SMILES string of the molecule is CCc1ccccc1N=C1SC(=Cc2ccc3c(c2)OCO3)C(=O)N1C1CCCCC1. The third kappa shape index (κ3) is 4.09. The summed E-state index contributed by atoms with van der Waals surface area (Å²) in [5.41, 5.74) is 3.07. The number of aryl methyl sites for hydroxylation is 1. The van der Waals surface area contributed by atoms with Crippen LogP contribution in [0.2, 0.25) is 0 Å². The monoisotopic (exact) mass is 434 g/mol. The molecule has 1 aliphatic carbocycles. The van der Waals surface area contributed by atoms with E-state index >= 15 is 0 Å². The molecule has 5 rings (SSSR count). The minimum Gasteiger partial charge on any atom is -0.454 e. The molecule has 0 atom stereocenters. The van der Waals surface area contributed by atoms with Crippen molar-refractivity contribution in [1.29, 1.82) is 0 Å². The van der Waals surface area contributed by atoms with Gasteiger partial charge >= 0.3 is 0 Å². The number of amidine groups is 1. The topological polar surface area (TPSA) is 51.1 Å². The van der Waals surface area contributed by atoms with Crippen LogP contribution in [-0.2, 0) is 11.2 Å². The van der Waals surface area contributed by atoms with Crippen molar-refractivity contribution in [3.05, 3.63) is 58.5 Å². The second-order valence-corrected chi connectivity index (χ2v) is 9.08. The molecule has 0 spiro atoms. The Labute approximate surface area is 187 Å². The van der Waals surface area contributed by atoms with Gasteiger partial charge in [-0.05, 0) is 66.4 Å². The van der Waals surface area contributed by atoms with Crippen molar-refractivity contribution in [1.82, 2.24) is 4.90 Å². The number of ether oxygens (including phenoxy) is 2. The lowest BCUT2D eigenvalue weighted by Crippen LogP contribution is -2.40. The average Bonchev–Trinajstić information content (AvgIpc) is 3.39. The highest BCUT2D eigenvalue weighted by molar-refractivity contribution is 8.18. The number of para-hydroxylation sites is 1. The maximum Gasteiger partial charge on any atom is 0.267 e. The quantitative estimate of drug-likeness (QED) is 0.561. The molecule has 1 amide bonds. The number of amides is 1. The Morgan fingerprint density at radius 2 is 1.90 bits per heavy atom. The Balaban J connectivity index is 1.51. The number of aliphatic imine (C=N–C) groups is 1. The number of carbonyl (C=O) groups excluding carboxylic acids is 1. The molecule has 3 aliphatic rings. The van der Waals surface area contributed by atoms with Crippen LogP contribution in [0.1, 0.15) is 50.2 Å². The molecule has 5 nitrogen and oxygen atoms in total.